The fraction of sp³-hybridized carbons (Fsp3) is 0.231. The van der Waals surface area contributed by atoms with Crippen molar-refractivity contribution in [2.75, 3.05) is 50.6 Å². The van der Waals surface area contributed by atoms with Crippen LogP contribution in [0, 0.1) is 0 Å². The predicted octanol–water partition coefficient (Wildman–Crippen LogP) is 3.27. The quantitative estimate of drug-likeness (QED) is 0.445. The fourth-order valence-corrected chi connectivity index (χ4v) is 4.56. The van der Waals surface area contributed by atoms with Gasteiger partial charge in [-0.2, -0.15) is 5.10 Å². The van der Waals surface area contributed by atoms with Gasteiger partial charge in [0, 0.05) is 66.3 Å². The summed E-state index contributed by atoms with van der Waals surface area (Å²) in [5, 5.41) is 11.5. The number of rotatable bonds is 4. The third kappa shape index (κ3) is 3.89. The molecule has 0 aliphatic carbocycles. The number of anilines is 2. The summed E-state index contributed by atoms with van der Waals surface area (Å²) in [6.07, 6.45) is 5.55. The minimum atomic E-state index is -0.128. The van der Waals surface area contributed by atoms with Crippen LogP contribution >= 0.6 is 0 Å². The van der Waals surface area contributed by atoms with E-state index in [-0.39, 0.29) is 5.91 Å². The van der Waals surface area contributed by atoms with Crippen LogP contribution in [0.2, 0.25) is 0 Å². The lowest BCUT2D eigenvalue weighted by molar-refractivity contribution is -0.110. The highest BCUT2D eigenvalue weighted by atomic mass is 16.5. The van der Waals surface area contributed by atoms with Gasteiger partial charge in [0.2, 0.25) is 5.95 Å². The molecule has 2 aromatic heterocycles. The fourth-order valence-electron chi connectivity index (χ4n) is 4.56. The summed E-state index contributed by atoms with van der Waals surface area (Å²) in [7, 11) is 3.74. The normalized spacial score (nSPS) is 17.1. The second kappa shape index (κ2) is 8.52. The number of methoxy groups -OCH3 is 1. The SMILES string of the molecule is COc1ccc2c(c1)C(=Cc1ccc3c(-c4cnc(N5CCN(C)CC5)nc4)n[nH]c3c1)C(=O)N2. The molecule has 4 heterocycles. The number of aromatic nitrogens is 4. The van der Waals surface area contributed by atoms with E-state index in [1.54, 1.807) is 7.11 Å². The van der Waals surface area contributed by atoms with Crippen LogP contribution in [0.1, 0.15) is 11.1 Å². The monoisotopic (exact) mass is 467 g/mol. The number of carbonyl (C=O) groups excluding carboxylic acids is 1. The first-order valence-electron chi connectivity index (χ1n) is 11.5. The maximum Gasteiger partial charge on any atom is 0.256 e. The standard InChI is InChI=1S/C26H25N7O2/c1-32-7-9-33(10-8-32)26-27-14-17(15-28-26)24-19-5-3-16(12-23(19)30-31-24)11-21-20-13-18(35-2)4-6-22(20)29-25(21)34/h3-6,11-15H,7-10H2,1-2H3,(H,29,34)(H,30,31). The number of ether oxygens (including phenoxy) is 1. The molecule has 2 aliphatic rings. The van der Waals surface area contributed by atoms with E-state index in [4.69, 9.17) is 4.74 Å². The number of amides is 1. The molecule has 9 nitrogen and oxygen atoms in total. The van der Waals surface area contributed by atoms with Crippen LogP contribution in [0.3, 0.4) is 0 Å². The Balaban J connectivity index is 1.28. The van der Waals surface area contributed by atoms with Crippen LogP contribution in [-0.4, -0.2) is 71.3 Å². The van der Waals surface area contributed by atoms with E-state index in [9.17, 15) is 4.79 Å². The van der Waals surface area contributed by atoms with Crippen LogP contribution in [0.4, 0.5) is 11.6 Å². The summed E-state index contributed by atoms with van der Waals surface area (Å²) >= 11 is 0. The van der Waals surface area contributed by atoms with Crippen LogP contribution in [0.15, 0.2) is 48.8 Å². The molecule has 6 rings (SSSR count). The average Bonchev–Trinajstić information content (AvgIpc) is 3.44. The van der Waals surface area contributed by atoms with Crippen LogP contribution in [0.5, 0.6) is 5.75 Å². The van der Waals surface area contributed by atoms with Gasteiger partial charge >= 0.3 is 0 Å². The number of fused-ring (bicyclic) bond motifs is 2. The predicted molar refractivity (Wildman–Crippen MR) is 136 cm³/mol. The van der Waals surface area contributed by atoms with Gasteiger partial charge < -0.3 is 19.9 Å². The Morgan fingerprint density at radius 3 is 2.60 bits per heavy atom. The van der Waals surface area contributed by atoms with Gasteiger partial charge in [-0.15, -0.1) is 0 Å². The maximum atomic E-state index is 12.6. The van der Waals surface area contributed by atoms with Crippen molar-refractivity contribution in [1.82, 2.24) is 25.1 Å². The van der Waals surface area contributed by atoms with Crippen molar-refractivity contribution >= 4 is 40.1 Å². The second-order valence-electron chi connectivity index (χ2n) is 8.86. The van der Waals surface area contributed by atoms with E-state index in [1.165, 1.54) is 0 Å². The minimum absolute atomic E-state index is 0.128. The Morgan fingerprint density at radius 2 is 1.83 bits per heavy atom. The highest BCUT2D eigenvalue weighted by Crippen LogP contribution is 2.36. The smallest absolute Gasteiger partial charge is 0.256 e. The Hall–Kier alpha value is -4.24. The molecule has 9 heteroatoms. The molecule has 2 N–H and O–H groups in total. The van der Waals surface area contributed by atoms with Crippen molar-refractivity contribution in [1.29, 1.82) is 0 Å². The molecule has 1 fully saturated rings. The zero-order valence-electron chi connectivity index (χ0n) is 19.6. The molecule has 0 radical (unpaired) electrons. The summed E-state index contributed by atoms with van der Waals surface area (Å²) in [6.45, 7) is 3.87. The van der Waals surface area contributed by atoms with Crippen molar-refractivity contribution in [2.45, 2.75) is 0 Å². The number of nitrogens with one attached hydrogen (secondary N) is 2. The molecule has 35 heavy (non-hydrogen) atoms. The first kappa shape index (κ1) is 21.3. The van der Waals surface area contributed by atoms with E-state index >= 15 is 0 Å². The number of nitrogens with zero attached hydrogens (tertiary/aromatic N) is 5. The van der Waals surface area contributed by atoms with E-state index < -0.39 is 0 Å². The van der Waals surface area contributed by atoms with Crippen molar-refractivity contribution < 1.29 is 9.53 Å². The maximum absolute atomic E-state index is 12.6. The highest BCUT2D eigenvalue weighted by molar-refractivity contribution is 6.35. The number of H-pyrrole nitrogens is 1. The van der Waals surface area contributed by atoms with Gasteiger partial charge in [0.1, 0.15) is 11.4 Å². The Labute approximate surface area is 202 Å². The molecule has 176 valence electrons. The number of hydrogen-bond donors (Lipinski definition) is 2. The first-order chi connectivity index (χ1) is 17.1. The largest absolute Gasteiger partial charge is 0.497 e. The topological polar surface area (TPSA) is 99.3 Å². The van der Waals surface area contributed by atoms with E-state index in [0.717, 1.165) is 71.1 Å². The minimum Gasteiger partial charge on any atom is -0.497 e. The summed E-state index contributed by atoms with van der Waals surface area (Å²) in [5.74, 6) is 1.33. The molecule has 0 spiro atoms. The highest BCUT2D eigenvalue weighted by Gasteiger charge is 2.24. The van der Waals surface area contributed by atoms with Gasteiger partial charge in [-0.25, -0.2) is 9.97 Å². The van der Waals surface area contributed by atoms with E-state index in [1.807, 2.05) is 54.9 Å². The molecule has 0 saturated carbocycles. The number of piperazine rings is 1. The molecule has 4 aromatic rings. The Kier molecular flexibility index (Phi) is 5.18. The van der Waals surface area contributed by atoms with Crippen molar-refractivity contribution in [3.63, 3.8) is 0 Å². The van der Waals surface area contributed by atoms with Crippen molar-refractivity contribution in [3.8, 4) is 17.0 Å². The van der Waals surface area contributed by atoms with Crippen LogP contribution in [0.25, 0.3) is 33.8 Å². The molecular formula is C26H25N7O2. The molecule has 0 unspecified atom stereocenters. The number of hydrogen-bond acceptors (Lipinski definition) is 7. The third-order valence-electron chi connectivity index (χ3n) is 6.61. The summed E-state index contributed by atoms with van der Waals surface area (Å²) in [6, 6.07) is 11.5. The van der Waals surface area contributed by atoms with Gasteiger partial charge in [-0.3, -0.25) is 9.89 Å². The summed E-state index contributed by atoms with van der Waals surface area (Å²) in [4.78, 5) is 26.3. The van der Waals surface area contributed by atoms with Gasteiger partial charge in [0.25, 0.3) is 5.91 Å². The van der Waals surface area contributed by atoms with Crippen LogP contribution in [-0.2, 0) is 4.79 Å². The summed E-state index contributed by atoms with van der Waals surface area (Å²) in [5.41, 5.74) is 5.65. The number of carbonyl (C=O) groups is 1. The van der Waals surface area contributed by atoms with Crippen molar-refractivity contribution in [2.24, 2.45) is 0 Å². The second-order valence-corrected chi connectivity index (χ2v) is 8.86. The molecule has 2 aromatic carbocycles. The molecule has 1 amide bonds. The molecule has 1 saturated heterocycles. The lowest BCUT2D eigenvalue weighted by Gasteiger charge is -2.32. The van der Waals surface area contributed by atoms with Gasteiger partial charge in [-0.05, 0) is 49.0 Å². The number of aromatic amines is 1. The van der Waals surface area contributed by atoms with Crippen LogP contribution < -0.4 is 15.0 Å². The molecule has 2 aliphatic heterocycles. The lowest BCUT2D eigenvalue weighted by Crippen LogP contribution is -2.45. The molecular weight excluding hydrogens is 442 g/mol. The summed E-state index contributed by atoms with van der Waals surface area (Å²) < 4.78 is 5.33. The molecule has 0 bridgehead atoms. The lowest BCUT2D eigenvalue weighted by atomic mass is 10.0. The van der Waals surface area contributed by atoms with Crippen molar-refractivity contribution in [3.05, 3.63) is 59.9 Å². The third-order valence-corrected chi connectivity index (χ3v) is 6.61. The van der Waals surface area contributed by atoms with Gasteiger partial charge in [-0.1, -0.05) is 6.07 Å². The molecule has 0 atom stereocenters. The van der Waals surface area contributed by atoms with Gasteiger partial charge in [0.05, 0.1) is 12.6 Å². The van der Waals surface area contributed by atoms with E-state index in [2.05, 4.69) is 42.3 Å². The van der Waals surface area contributed by atoms with E-state index in [0.29, 0.717) is 11.3 Å². The number of benzene rings is 2. The zero-order chi connectivity index (χ0) is 23.9. The number of likely N-dealkylation sites (N-methyl/N-ethyl adjacent to an activating group) is 1. The van der Waals surface area contributed by atoms with Gasteiger partial charge in [0.15, 0.2) is 0 Å². The Morgan fingerprint density at radius 1 is 1.03 bits per heavy atom. The average molecular weight is 468 g/mol. The Bertz CT molecular complexity index is 1450. The zero-order valence-corrected chi connectivity index (χ0v) is 19.6. The first-order valence-corrected chi connectivity index (χ1v) is 11.5.